The lowest BCUT2D eigenvalue weighted by Gasteiger charge is -2.14. The first-order valence-corrected chi connectivity index (χ1v) is 5.79. The summed E-state index contributed by atoms with van der Waals surface area (Å²) >= 11 is 1.82. The molecule has 0 aliphatic rings. The van der Waals surface area contributed by atoms with Gasteiger partial charge in [-0.2, -0.15) is 0 Å². The van der Waals surface area contributed by atoms with Gasteiger partial charge in [0.25, 0.3) is 0 Å². The van der Waals surface area contributed by atoms with Crippen molar-refractivity contribution in [2.75, 3.05) is 19.8 Å². The zero-order valence-electron chi connectivity index (χ0n) is 8.50. The van der Waals surface area contributed by atoms with Crippen LogP contribution in [0.3, 0.4) is 0 Å². The van der Waals surface area contributed by atoms with Gasteiger partial charge in [-0.25, -0.2) is 0 Å². The maximum absolute atomic E-state index is 3.21. The van der Waals surface area contributed by atoms with E-state index < -0.39 is 0 Å². The van der Waals surface area contributed by atoms with Gasteiger partial charge in [0.1, 0.15) is 0 Å². The molecule has 1 aromatic carbocycles. The summed E-state index contributed by atoms with van der Waals surface area (Å²) < 4.78 is 0. The monoisotopic (exact) mass is 195 g/mol. The third-order valence-electron chi connectivity index (χ3n) is 2.18. The maximum atomic E-state index is 3.21. The molecule has 0 aromatic heterocycles. The second kappa shape index (κ2) is 5.30. The molecule has 13 heavy (non-hydrogen) atoms. The van der Waals surface area contributed by atoms with Crippen molar-refractivity contribution in [3.8, 4) is 0 Å². The van der Waals surface area contributed by atoms with Crippen molar-refractivity contribution < 1.29 is 0 Å². The van der Waals surface area contributed by atoms with Crippen LogP contribution in [0.4, 0.5) is 0 Å². The average Bonchev–Trinajstić information content (AvgIpc) is 2.18. The van der Waals surface area contributed by atoms with Crippen LogP contribution in [-0.4, -0.2) is 19.8 Å². The van der Waals surface area contributed by atoms with Crippen molar-refractivity contribution in [2.45, 2.75) is 17.7 Å². The molecule has 0 amide bonds. The van der Waals surface area contributed by atoms with E-state index >= 15 is 0 Å². The SMILES string of the molecule is CNCC(C)c1ccccc1SC. The Kier molecular flexibility index (Phi) is 4.33. The highest BCUT2D eigenvalue weighted by molar-refractivity contribution is 7.98. The number of rotatable bonds is 4. The van der Waals surface area contributed by atoms with Gasteiger partial charge >= 0.3 is 0 Å². The van der Waals surface area contributed by atoms with Crippen LogP contribution >= 0.6 is 11.8 Å². The Bertz CT molecular complexity index is 260. The molecule has 0 bridgehead atoms. The van der Waals surface area contributed by atoms with Crippen LogP contribution in [0, 0.1) is 0 Å². The number of nitrogens with one attached hydrogen (secondary N) is 1. The topological polar surface area (TPSA) is 12.0 Å². The van der Waals surface area contributed by atoms with Gasteiger partial charge in [0, 0.05) is 11.4 Å². The van der Waals surface area contributed by atoms with Gasteiger partial charge in [-0.05, 0) is 30.9 Å². The molecule has 1 unspecified atom stereocenters. The highest BCUT2D eigenvalue weighted by Crippen LogP contribution is 2.26. The minimum absolute atomic E-state index is 0.591. The van der Waals surface area contributed by atoms with E-state index in [1.807, 2.05) is 18.8 Å². The van der Waals surface area contributed by atoms with Gasteiger partial charge in [-0.3, -0.25) is 0 Å². The lowest BCUT2D eigenvalue weighted by Crippen LogP contribution is -2.15. The van der Waals surface area contributed by atoms with Crippen molar-refractivity contribution in [3.63, 3.8) is 0 Å². The Hall–Kier alpha value is -0.470. The molecule has 0 heterocycles. The quantitative estimate of drug-likeness (QED) is 0.741. The zero-order valence-corrected chi connectivity index (χ0v) is 9.32. The number of likely N-dealkylation sites (N-methyl/N-ethyl adjacent to an activating group) is 1. The summed E-state index contributed by atoms with van der Waals surface area (Å²) in [5.74, 6) is 0.591. The molecular formula is C11H17NS. The van der Waals surface area contributed by atoms with Gasteiger partial charge < -0.3 is 5.32 Å². The molecule has 0 fully saturated rings. The zero-order chi connectivity index (χ0) is 9.68. The van der Waals surface area contributed by atoms with Crippen LogP contribution in [0.1, 0.15) is 18.4 Å². The molecule has 0 aliphatic heterocycles. The minimum Gasteiger partial charge on any atom is -0.319 e. The first-order valence-electron chi connectivity index (χ1n) is 4.57. The van der Waals surface area contributed by atoms with E-state index in [0.29, 0.717) is 5.92 Å². The van der Waals surface area contributed by atoms with E-state index in [0.717, 1.165) is 6.54 Å². The molecule has 1 rings (SSSR count). The largest absolute Gasteiger partial charge is 0.319 e. The van der Waals surface area contributed by atoms with Crippen molar-refractivity contribution in [3.05, 3.63) is 29.8 Å². The van der Waals surface area contributed by atoms with E-state index in [-0.39, 0.29) is 0 Å². The highest BCUT2D eigenvalue weighted by Gasteiger charge is 2.07. The molecule has 1 atom stereocenters. The number of hydrogen-bond acceptors (Lipinski definition) is 2. The third kappa shape index (κ3) is 2.75. The first-order chi connectivity index (χ1) is 6.29. The van der Waals surface area contributed by atoms with Crippen molar-refractivity contribution in [2.24, 2.45) is 0 Å². The smallest absolute Gasteiger partial charge is 0.0104 e. The van der Waals surface area contributed by atoms with Crippen LogP contribution in [0.15, 0.2) is 29.2 Å². The molecular weight excluding hydrogens is 178 g/mol. The van der Waals surface area contributed by atoms with Crippen LogP contribution in [0.25, 0.3) is 0 Å². The Morgan fingerprint density at radius 1 is 1.38 bits per heavy atom. The lowest BCUT2D eigenvalue weighted by molar-refractivity contribution is 0.669. The minimum atomic E-state index is 0.591. The predicted molar refractivity (Wildman–Crippen MR) is 60.6 cm³/mol. The predicted octanol–water partition coefficient (Wildman–Crippen LogP) is 2.73. The Morgan fingerprint density at radius 2 is 2.08 bits per heavy atom. The van der Waals surface area contributed by atoms with Gasteiger partial charge in [0.05, 0.1) is 0 Å². The van der Waals surface area contributed by atoms with Crippen molar-refractivity contribution in [1.82, 2.24) is 5.32 Å². The molecule has 0 radical (unpaired) electrons. The summed E-state index contributed by atoms with van der Waals surface area (Å²) in [6, 6.07) is 8.61. The number of benzene rings is 1. The molecule has 2 heteroatoms. The van der Waals surface area contributed by atoms with E-state index in [1.165, 1.54) is 10.5 Å². The van der Waals surface area contributed by atoms with Gasteiger partial charge in [0.15, 0.2) is 0 Å². The molecule has 72 valence electrons. The second-order valence-electron chi connectivity index (χ2n) is 3.20. The summed E-state index contributed by atoms with van der Waals surface area (Å²) in [6.45, 7) is 3.29. The summed E-state index contributed by atoms with van der Waals surface area (Å²) in [6.07, 6.45) is 2.13. The van der Waals surface area contributed by atoms with Crippen LogP contribution in [0.2, 0.25) is 0 Å². The van der Waals surface area contributed by atoms with Gasteiger partial charge in [-0.1, -0.05) is 25.1 Å². The van der Waals surface area contributed by atoms with E-state index in [1.54, 1.807) is 0 Å². The summed E-state index contributed by atoms with van der Waals surface area (Å²) in [5.41, 5.74) is 1.45. The number of thioether (sulfide) groups is 1. The molecule has 0 saturated carbocycles. The molecule has 0 aliphatic carbocycles. The van der Waals surface area contributed by atoms with E-state index in [9.17, 15) is 0 Å². The van der Waals surface area contributed by atoms with E-state index in [4.69, 9.17) is 0 Å². The fourth-order valence-corrected chi connectivity index (χ4v) is 2.21. The summed E-state index contributed by atoms with van der Waals surface area (Å²) in [4.78, 5) is 1.39. The van der Waals surface area contributed by atoms with Crippen molar-refractivity contribution in [1.29, 1.82) is 0 Å². The Morgan fingerprint density at radius 3 is 2.69 bits per heavy atom. The van der Waals surface area contributed by atoms with Crippen LogP contribution in [-0.2, 0) is 0 Å². The maximum Gasteiger partial charge on any atom is 0.0104 e. The second-order valence-corrected chi connectivity index (χ2v) is 4.05. The van der Waals surface area contributed by atoms with Crippen LogP contribution in [0.5, 0.6) is 0 Å². The summed E-state index contributed by atoms with van der Waals surface area (Å²) in [5, 5.41) is 3.21. The molecule has 1 N–H and O–H groups in total. The normalized spacial score (nSPS) is 12.8. The standard InChI is InChI=1S/C11H17NS/c1-9(8-12-2)10-6-4-5-7-11(10)13-3/h4-7,9,12H,8H2,1-3H3. The molecule has 1 aromatic rings. The summed E-state index contributed by atoms with van der Waals surface area (Å²) in [7, 11) is 2.00. The fraction of sp³-hybridized carbons (Fsp3) is 0.455. The molecule has 1 nitrogen and oxygen atoms in total. The van der Waals surface area contributed by atoms with Crippen molar-refractivity contribution >= 4 is 11.8 Å². The van der Waals surface area contributed by atoms with Crippen LogP contribution < -0.4 is 5.32 Å². The molecule has 0 saturated heterocycles. The Labute approximate surface area is 84.9 Å². The molecule has 0 spiro atoms. The fourth-order valence-electron chi connectivity index (χ4n) is 1.49. The average molecular weight is 195 g/mol. The first kappa shape index (κ1) is 10.6. The Balaban J connectivity index is 2.85. The van der Waals surface area contributed by atoms with Gasteiger partial charge in [0.2, 0.25) is 0 Å². The van der Waals surface area contributed by atoms with E-state index in [2.05, 4.69) is 42.8 Å². The van der Waals surface area contributed by atoms with Gasteiger partial charge in [-0.15, -0.1) is 11.8 Å². The third-order valence-corrected chi connectivity index (χ3v) is 2.99. The lowest BCUT2D eigenvalue weighted by atomic mass is 10.0. The highest BCUT2D eigenvalue weighted by atomic mass is 32.2. The number of hydrogen-bond donors (Lipinski definition) is 1.